The van der Waals surface area contributed by atoms with Gasteiger partial charge in [-0.15, -0.1) is 0 Å². The summed E-state index contributed by atoms with van der Waals surface area (Å²) in [7, 11) is 0. The molecule has 0 bridgehead atoms. The molecule has 1 aliphatic heterocycles. The molecule has 130 valence electrons. The van der Waals surface area contributed by atoms with Crippen LogP contribution in [0.15, 0.2) is 42.6 Å². The Hall–Kier alpha value is -2.20. The smallest absolute Gasteiger partial charge is 0.273 e. The van der Waals surface area contributed by atoms with Crippen molar-refractivity contribution in [1.82, 2.24) is 15.2 Å². The molecule has 1 aromatic heterocycles. The number of nitrogens with one attached hydrogen (secondary N) is 1. The van der Waals surface area contributed by atoms with Gasteiger partial charge in [-0.25, -0.2) is 0 Å². The van der Waals surface area contributed by atoms with Crippen molar-refractivity contribution in [3.05, 3.63) is 65.0 Å². The highest BCUT2D eigenvalue weighted by Crippen LogP contribution is 2.39. The number of nitrogens with zero attached hydrogens (tertiary/aromatic N) is 2. The van der Waals surface area contributed by atoms with Crippen molar-refractivity contribution in [3.63, 3.8) is 0 Å². The second kappa shape index (κ2) is 6.96. The first kappa shape index (κ1) is 16.3. The number of amides is 1. The van der Waals surface area contributed by atoms with Gasteiger partial charge in [-0.05, 0) is 47.9 Å². The zero-order valence-corrected chi connectivity index (χ0v) is 14.7. The first-order chi connectivity index (χ1) is 12.3. The van der Waals surface area contributed by atoms with E-state index in [1.54, 1.807) is 0 Å². The van der Waals surface area contributed by atoms with Crippen LogP contribution in [0.1, 0.15) is 58.9 Å². The van der Waals surface area contributed by atoms with Crippen LogP contribution in [0.4, 0.5) is 0 Å². The number of piperazine rings is 1. The maximum Gasteiger partial charge on any atom is 0.273 e. The minimum Gasteiger partial charge on any atom is -0.328 e. The van der Waals surface area contributed by atoms with Crippen LogP contribution in [0.2, 0.25) is 0 Å². The van der Waals surface area contributed by atoms with Gasteiger partial charge in [0.1, 0.15) is 5.69 Å². The number of hydrogen-bond donors (Lipinski definition) is 1. The van der Waals surface area contributed by atoms with Crippen LogP contribution in [-0.2, 0) is 6.42 Å². The molecule has 2 aliphatic rings. The van der Waals surface area contributed by atoms with E-state index in [0.29, 0.717) is 18.2 Å². The largest absolute Gasteiger partial charge is 0.328 e. The van der Waals surface area contributed by atoms with E-state index in [1.165, 1.54) is 29.5 Å². The first-order valence-electron chi connectivity index (χ1n) is 9.32. The van der Waals surface area contributed by atoms with Gasteiger partial charge < -0.3 is 10.2 Å². The predicted molar refractivity (Wildman–Crippen MR) is 98.7 cm³/mol. The Bertz CT molecular complexity index is 735. The van der Waals surface area contributed by atoms with Crippen LogP contribution in [0.3, 0.4) is 0 Å². The fourth-order valence-corrected chi connectivity index (χ4v) is 3.56. The maximum atomic E-state index is 13.0. The SMILES string of the molecule is CCc1ccc(C2CNCCN2C(=O)c2ccc(C3CC3)cn2)cc1. The molecule has 0 spiro atoms. The molecular formula is C21H25N3O. The van der Waals surface area contributed by atoms with Crippen molar-refractivity contribution in [3.8, 4) is 0 Å². The van der Waals surface area contributed by atoms with E-state index < -0.39 is 0 Å². The Morgan fingerprint density at radius 1 is 1.16 bits per heavy atom. The Kier molecular flexibility index (Phi) is 4.53. The van der Waals surface area contributed by atoms with Crippen LogP contribution in [0.5, 0.6) is 0 Å². The summed E-state index contributed by atoms with van der Waals surface area (Å²) in [6, 6.07) is 12.7. The van der Waals surface area contributed by atoms with Crippen molar-refractivity contribution >= 4 is 5.91 Å². The van der Waals surface area contributed by atoms with Gasteiger partial charge >= 0.3 is 0 Å². The highest BCUT2D eigenvalue weighted by molar-refractivity contribution is 5.92. The lowest BCUT2D eigenvalue weighted by molar-refractivity contribution is 0.0628. The van der Waals surface area contributed by atoms with E-state index in [9.17, 15) is 4.79 Å². The lowest BCUT2D eigenvalue weighted by Crippen LogP contribution is -2.48. The number of aromatic nitrogens is 1. The van der Waals surface area contributed by atoms with E-state index >= 15 is 0 Å². The molecule has 2 heterocycles. The molecule has 2 fully saturated rings. The number of carbonyl (C=O) groups excluding carboxylic acids is 1. The predicted octanol–water partition coefficient (Wildman–Crippen LogP) is 3.31. The molecule has 1 saturated heterocycles. The summed E-state index contributed by atoms with van der Waals surface area (Å²) in [4.78, 5) is 19.5. The van der Waals surface area contributed by atoms with Crippen LogP contribution >= 0.6 is 0 Å². The third-order valence-corrected chi connectivity index (χ3v) is 5.33. The van der Waals surface area contributed by atoms with E-state index in [-0.39, 0.29) is 11.9 Å². The maximum absolute atomic E-state index is 13.0. The second-order valence-corrected chi connectivity index (χ2v) is 7.06. The quantitative estimate of drug-likeness (QED) is 0.932. The number of pyridine rings is 1. The number of hydrogen-bond acceptors (Lipinski definition) is 3. The summed E-state index contributed by atoms with van der Waals surface area (Å²) in [6.45, 7) is 4.49. The van der Waals surface area contributed by atoms with Gasteiger partial charge in [-0.1, -0.05) is 37.3 Å². The summed E-state index contributed by atoms with van der Waals surface area (Å²) in [5.41, 5.74) is 4.33. The molecular weight excluding hydrogens is 310 g/mol. The highest BCUT2D eigenvalue weighted by Gasteiger charge is 2.30. The fourth-order valence-electron chi connectivity index (χ4n) is 3.56. The van der Waals surface area contributed by atoms with Crippen LogP contribution in [0.25, 0.3) is 0 Å². The Labute approximate surface area is 149 Å². The standard InChI is InChI=1S/C21H25N3O/c1-2-15-3-5-17(6-4-15)20-14-22-11-12-24(20)21(25)19-10-9-18(13-23-19)16-7-8-16/h3-6,9-10,13,16,20,22H,2,7-8,11-12,14H2,1H3. The molecule has 1 aromatic carbocycles. The molecule has 4 rings (SSSR count). The average Bonchev–Trinajstić information content (AvgIpc) is 3.53. The van der Waals surface area contributed by atoms with E-state index in [0.717, 1.165) is 19.5 Å². The van der Waals surface area contributed by atoms with Crippen molar-refractivity contribution in [2.24, 2.45) is 0 Å². The van der Waals surface area contributed by atoms with Crippen molar-refractivity contribution in [2.45, 2.75) is 38.1 Å². The molecule has 4 nitrogen and oxygen atoms in total. The Morgan fingerprint density at radius 2 is 1.92 bits per heavy atom. The molecule has 0 radical (unpaired) electrons. The first-order valence-corrected chi connectivity index (χ1v) is 9.32. The molecule has 4 heteroatoms. The van der Waals surface area contributed by atoms with Gasteiger partial charge in [0, 0.05) is 25.8 Å². The number of benzene rings is 1. The molecule has 2 aromatic rings. The summed E-state index contributed by atoms with van der Waals surface area (Å²) < 4.78 is 0. The zero-order chi connectivity index (χ0) is 17.2. The third kappa shape index (κ3) is 3.45. The number of aryl methyl sites for hydroxylation is 1. The van der Waals surface area contributed by atoms with Gasteiger partial charge in [-0.2, -0.15) is 0 Å². The fraction of sp³-hybridized carbons (Fsp3) is 0.429. The van der Waals surface area contributed by atoms with Crippen LogP contribution < -0.4 is 5.32 Å². The number of rotatable bonds is 4. The zero-order valence-electron chi connectivity index (χ0n) is 14.7. The van der Waals surface area contributed by atoms with Gasteiger partial charge in [-0.3, -0.25) is 9.78 Å². The monoisotopic (exact) mass is 335 g/mol. The van der Waals surface area contributed by atoms with Crippen LogP contribution in [-0.4, -0.2) is 35.4 Å². The van der Waals surface area contributed by atoms with Crippen molar-refractivity contribution < 1.29 is 4.79 Å². The lowest BCUT2D eigenvalue weighted by atomic mass is 10.0. The summed E-state index contributed by atoms with van der Waals surface area (Å²) in [5.74, 6) is 0.703. The Morgan fingerprint density at radius 3 is 2.56 bits per heavy atom. The molecule has 1 aliphatic carbocycles. The average molecular weight is 335 g/mol. The number of carbonyl (C=O) groups is 1. The summed E-state index contributed by atoms with van der Waals surface area (Å²) >= 11 is 0. The van der Waals surface area contributed by atoms with E-state index in [2.05, 4.69) is 47.6 Å². The topological polar surface area (TPSA) is 45.2 Å². The highest BCUT2D eigenvalue weighted by atomic mass is 16.2. The second-order valence-electron chi connectivity index (χ2n) is 7.06. The van der Waals surface area contributed by atoms with Gasteiger partial charge in [0.15, 0.2) is 0 Å². The van der Waals surface area contributed by atoms with Gasteiger partial charge in [0.2, 0.25) is 0 Å². The molecule has 25 heavy (non-hydrogen) atoms. The summed E-state index contributed by atoms with van der Waals surface area (Å²) in [6.07, 6.45) is 5.42. The Balaban J connectivity index is 1.55. The third-order valence-electron chi connectivity index (χ3n) is 5.33. The summed E-state index contributed by atoms with van der Waals surface area (Å²) in [5, 5.41) is 3.42. The molecule has 1 amide bonds. The van der Waals surface area contributed by atoms with E-state index in [4.69, 9.17) is 0 Å². The molecule has 1 atom stereocenters. The van der Waals surface area contributed by atoms with Gasteiger partial charge in [0.25, 0.3) is 5.91 Å². The minimum absolute atomic E-state index is 0.0356. The van der Waals surface area contributed by atoms with Crippen molar-refractivity contribution in [2.75, 3.05) is 19.6 Å². The van der Waals surface area contributed by atoms with Crippen molar-refractivity contribution in [1.29, 1.82) is 0 Å². The normalized spacial score (nSPS) is 20.5. The molecule has 1 N–H and O–H groups in total. The van der Waals surface area contributed by atoms with Gasteiger partial charge in [0.05, 0.1) is 6.04 Å². The minimum atomic E-state index is 0.0356. The molecule has 1 unspecified atom stereocenters. The molecule has 1 saturated carbocycles. The van der Waals surface area contributed by atoms with Crippen LogP contribution in [0, 0.1) is 0 Å². The van der Waals surface area contributed by atoms with E-state index in [1.807, 2.05) is 17.2 Å². The lowest BCUT2D eigenvalue weighted by Gasteiger charge is -2.36.